The highest BCUT2D eigenvalue weighted by Gasteiger charge is 2.33. The maximum atomic E-state index is 12.8. The molecule has 1 heterocycles. The highest BCUT2D eigenvalue weighted by molar-refractivity contribution is 7.89. The van der Waals surface area contributed by atoms with Gasteiger partial charge in [0.1, 0.15) is 0 Å². The molecule has 0 aromatic heterocycles. The molecular weight excluding hydrogens is 452 g/mol. The number of hydrogen-bond donors (Lipinski definition) is 0. The second kappa shape index (κ2) is 10.9. The van der Waals surface area contributed by atoms with E-state index < -0.39 is 21.9 Å². The molecule has 1 amide bonds. The zero-order valence-corrected chi connectivity index (χ0v) is 19.5. The number of hydrogen-bond acceptors (Lipinski definition) is 5. The average molecular weight is 479 g/mol. The Kier molecular flexibility index (Phi) is 8.28. The number of amides is 1. The Morgan fingerprint density at radius 1 is 1.06 bits per heavy atom. The monoisotopic (exact) mass is 478 g/mol. The molecule has 7 nitrogen and oxygen atoms in total. The summed E-state index contributed by atoms with van der Waals surface area (Å²) in [6.07, 6.45) is 0.697. The molecule has 0 spiro atoms. The number of carbonyl (C=O) groups excluding carboxylic acids is 2. The molecule has 0 atom stereocenters. The van der Waals surface area contributed by atoms with Crippen LogP contribution in [0.4, 0.5) is 0 Å². The normalized spacial score (nSPS) is 15.3. The van der Waals surface area contributed by atoms with E-state index in [-0.39, 0.29) is 30.5 Å². The minimum Gasteiger partial charge on any atom is -0.455 e. The molecule has 1 saturated heterocycles. The van der Waals surface area contributed by atoms with Gasteiger partial charge in [0.2, 0.25) is 10.0 Å². The fraction of sp³-hybridized carbons (Fsp3) is 0.391. The molecule has 172 valence electrons. The molecule has 0 saturated carbocycles. The molecule has 0 radical (unpaired) electrons. The van der Waals surface area contributed by atoms with Gasteiger partial charge >= 0.3 is 5.97 Å². The van der Waals surface area contributed by atoms with Crippen molar-refractivity contribution in [3.8, 4) is 0 Å². The van der Waals surface area contributed by atoms with E-state index >= 15 is 0 Å². The molecule has 0 N–H and O–H groups in total. The molecule has 1 aliphatic rings. The highest BCUT2D eigenvalue weighted by Crippen LogP contribution is 2.25. The summed E-state index contributed by atoms with van der Waals surface area (Å²) >= 11 is 5.84. The van der Waals surface area contributed by atoms with E-state index in [0.29, 0.717) is 31.0 Å². The van der Waals surface area contributed by atoms with Crippen LogP contribution in [-0.4, -0.2) is 55.7 Å². The van der Waals surface area contributed by atoms with Gasteiger partial charge in [-0.15, -0.1) is 0 Å². The lowest BCUT2D eigenvalue weighted by Gasteiger charge is -2.30. The highest BCUT2D eigenvalue weighted by atomic mass is 35.5. The summed E-state index contributed by atoms with van der Waals surface area (Å²) < 4.78 is 32.2. The molecule has 1 aliphatic heterocycles. The van der Waals surface area contributed by atoms with Crippen molar-refractivity contribution in [2.75, 3.05) is 26.2 Å². The maximum absolute atomic E-state index is 12.8. The molecule has 2 aromatic rings. The van der Waals surface area contributed by atoms with Gasteiger partial charge in [0.15, 0.2) is 6.61 Å². The first-order chi connectivity index (χ1) is 15.3. The number of benzene rings is 2. The summed E-state index contributed by atoms with van der Waals surface area (Å²) in [6, 6.07) is 15.6. The predicted octanol–water partition coefficient (Wildman–Crippen LogP) is 3.33. The Labute approximate surface area is 194 Å². The number of ether oxygens (including phenoxy) is 1. The Bertz CT molecular complexity index is 1020. The standard InChI is InChI=1S/C23H27ClN2O5S/c1-2-25(16-18-6-4-3-5-7-18)22(27)17-31-23(28)19-12-14-26(15-13-19)32(29,30)21-10-8-20(24)9-11-21/h3-11,19H,2,12-17H2,1H3. The number of carbonyl (C=O) groups is 2. The zero-order chi connectivity index (χ0) is 23.1. The summed E-state index contributed by atoms with van der Waals surface area (Å²) in [6.45, 7) is 2.95. The van der Waals surface area contributed by atoms with Crippen molar-refractivity contribution < 1.29 is 22.7 Å². The average Bonchev–Trinajstić information content (AvgIpc) is 2.81. The second-order valence-corrected chi connectivity index (χ2v) is 10.0. The Morgan fingerprint density at radius 2 is 1.69 bits per heavy atom. The number of halogens is 1. The summed E-state index contributed by atoms with van der Waals surface area (Å²) in [5.74, 6) is -1.14. The van der Waals surface area contributed by atoms with Crippen molar-refractivity contribution in [2.24, 2.45) is 5.92 Å². The van der Waals surface area contributed by atoms with Gasteiger partial charge in [-0.3, -0.25) is 9.59 Å². The Hall–Kier alpha value is -2.42. The zero-order valence-electron chi connectivity index (χ0n) is 17.9. The molecule has 2 aromatic carbocycles. The largest absolute Gasteiger partial charge is 0.455 e. The van der Waals surface area contributed by atoms with E-state index in [2.05, 4.69) is 0 Å². The topological polar surface area (TPSA) is 84.0 Å². The van der Waals surface area contributed by atoms with Gasteiger partial charge in [-0.2, -0.15) is 4.31 Å². The van der Waals surface area contributed by atoms with Crippen molar-refractivity contribution in [1.29, 1.82) is 0 Å². The van der Waals surface area contributed by atoms with E-state index in [1.807, 2.05) is 37.3 Å². The van der Waals surface area contributed by atoms with Gasteiger partial charge < -0.3 is 9.64 Å². The minimum atomic E-state index is -3.64. The molecule has 0 unspecified atom stereocenters. The third-order valence-electron chi connectivity index (χ3n) is 5.53. The summed E-state index contributed by atoms with van der Waals surface area (Å²) in [5.41, 5.74) is 1.00. The van der Waals surface area contributed by atoms with Crippen LogP contribution in [0, 0.1) is 5.92 Å². The van der Waals surface area contributed by atoms with Gasteiger partial charge in [0, 0.05) is 31.2 Å². The van der Waals surface area contributed by atoms with Crippen LogP contribution in [-0.2, 0) is 30.9 Å². The molecule has 0 bridgehead atoms. The van der Waals surface area contributed by atoms with Gasteiger partial charge in [-0.25, -0.2) is 8.42 Å². The third kappa shape index (κ3) is 6.09. The fourth-order valence-corrected chi connectivity index (χ4v) is 5.21. The van der Waals surface area contributed by atoms with Crippen LogP contribution in [0.2, 0.25) is 5.02 Å². The van der Waals surface area contributed by atoms with Crippen LogP contribution >= 0.6 is 11.6 Å². The van der Waals surface area contributed by atoms with E-state index in [9.17, 15) is 18.0 Å². The number of likely N-dealkylation sites (N-methyl/N-ethyl adjacent to an activating group) is 1. The molecule has 1 fully saturated rings. The van der Waals surface area contributed by atoms with Crippen LogP contribution in [0.15, 0.2) is 59.5 Å². The lowest BCUT2D eigenvalue weighted by molar-refractivity contribution is -0.156. The van der Waals surface area contributed by atoms with E-state index in [1.54, 1.807) is 4.90 Å². The van der Waals surface area contributed by atoms with Gasteiger partial charge in [0.05, 0.1) is 10.8 Å². The molecule has 3 rings (SSSR count). The molecular formula is C23H27ClN2O5S. The van der Waals surface area contributed by atoms with Crippen molar-refractivity contribution >= 4 is 33.5 Å². The van der Waals surface area contributed by atoms with E-state index in [1.165, 1.54) is 28.6 Å². The summed E-state index contributed by atoms with van der Waals surface area (Å²) in [7, 11) is -3.64. The lowest BCUT2D eigenvalue weighted by atomic mass is 9.98. The first kappa shape index (κ1) is 24.2. The SMILES string of the molecule is CCN(Cc1ccccc1)C(=O)COC(=O)C1CCN(S(=O)(=O)c2ccc(Cl)cc2)CC1. The van der Waals surface area contributed by atoms with Crippen molar-refractivity contribution in [2.45, 2.75) is 31.2 Å². The Balaban J connectivity index is 1.48. The fourth-order valence-electron chi connectivity index (χ4n) is 3.61. The third-order valence-corrected chi connectivity index (χ3v) is 7.69. The lowest BCUT2D eigenvalue weighted by Crippen LogP contribution is -2.41. The summed E-state index contributed by atoms with van der Waals surface area (Å²) in [4.78, 5) is 26.7. The van der Waals surface area contributed by atoms with Crippen molar-refractivity contribution in [3.63, 3.8) is 0 Å². The quantitative estimate of drug-likeness (QED) is 0.543. The first-order valence-electron chi connectivity index (χ1n) is 10.6. The van der Waals surface area contributed by atoms with Crippen molar-refractivity contribution in [3.05, 3.63) is 65.2 Å². The number of sulfonamides is 1. The number of piperidine rings is 1. The van der Waals surface area contributed by atoms with Crippen LogP contribution in [0.25, 0.3) is 0 Å². The summed E-state index contributed by atoms with van der Waals surface area (Å²) in [5, 5.41) is 0.463. The van der Waals surface area contributed by atoms with Crippen molar-refractivity contribution in [1.82, 2.24) is 9.21 Å². The van der Waals surface area contributed by atoms with Crippen LogP contribution in [0.1, 0.15) is 25.3 Å². The smallest absolute Gasteiger partial charge is 0.309 e. The predicted molar refractivity (Wildman–Crippen MR) is 121 cm³/mol. The minimum absolute atomic E-state index is 0.173. The number of nitrogens with zero attached hydrogens (tertiary/aromatic N) is 2. The molecule has 32 heavy (non-hydrogen) atoms. The number of rotatable bonds is 8. The van der Waals surface area contributed by atoms with Gasteiger partial charge in [-0.05, 0) is 49.6 Å². The maximum Gasteiger partial charge on any atom is 0.309 e. The van der Waals surface area contributed by atoms with Crippen LogP contribution < -0.4 is 0 Å². The van der Waals surface area contributed by atoms with Gasteiger partial charge in [-0.1, -0.05) is 41.9 Å². The Morgan fingerprint density at radius 3 is 2.28 bits per heavy atom. The van der Waals surface area contributed by atoms with E-state index in [4.69, 9.17) is 16.3 Å². The molecule has 0 aliphatic carbocycles. The second-order valence-electron chi connectivity index (χ2n) is 7.63. The first-order valence-corrected chi connectivity index (χ1v) is 12.4. The molecule has 9 heteroatoms. The van der Waals surface area contributed by atoms with Gasteiger partial charge in [0.25, 0.3) is 5.91 Å². The van der Waals surface area contributed by atoms with Crippen LogP contribution in [0.3, 0.4) is 0 Å². The number of esters is 1. The van der Waals surface area contributed by atoms with E-state index in [0.717, 1.165) is 5.56 Å². The van der Waals surface area contributed by atoms with Crippen LogP contribution in [0.5, 0.6) is 0 Å².